The minimum absolute atomic E-state index is 0.258. The summed E-state index contributed by atoms with van der Waals surface area (Å²) < 4.78 is 0. The third kappa shape index (κ3) is 5.09. The van der Waals surface area contributed by atoms with E-state index in [4.69, 9.17) is 0 Å². The van der Waals surface area contributed by atoms with E-state index >= 15 is 0 Å². The molecule has 2 aromatic rings. The van der Waals surface area contributed by atoms with Crippen LogP contribution in [0.15, 0.2) is 29.9 Å². The normalized spacial score (nSPS) is 17.4. The van der Waals surface area contributed by atoms with E-state index in [1.54, 1.807) is 17.5 Å². The van der Waals surface area contributed by atoms with E-state index in [1.807, 2.05) is 28.6 Å². The minimum atomic E-state index is 0.258. The molecule has 0 radical (unpaired) electrons. The molecule has 0 N–H and O–H groups in total. The van der Waals surface area contributed by atoms with Gasteiger partial charge in [-0.1, -0.05) is 6.07 Å². The summed E-state index contributed by atoms with van der Waals surface area (Å²) >= 11 is 1.72. The zero-order chi connectivity index (χ0) is 17.6. The van der Waals surface area contributed by atoms with Crippen molar-refractivity contribution in [3.63, 3.8) is 0 Å². The van der Waals surface area contributed by atoms with Gasteiger partial charge in [-0.25, -0.2) is 4.98 Å². The molecule has 0 unspecified atom stereocenters. The van der Waals surface area contributed by atoms with Gasteiger partial charge in [-0.3, -0.25) is 9.78 Å². The van der Waals surface area contributed by atoms with Crippen molar-refractivity contribution in [3.05, 3.63) is 46.2 Å². The van der Waals surface area contributed by atoms with Gasteiger partial charge in [0.1, 0.15) is 0 Å². The van der Waals surface area contributed by atoms with E-state index in [2.05, 4.69) is 28.8 Å². The summed E-state index contributed by atoms with van der Waals surface area (Å²) in [7, 11) is 2.16. The number of rotatable bonds is 7. The molecule has 0 spiro atoms. The lowest BCUT2D eigenvalue weighted by Crippen LogP contribution is -2.31. The highest BCUT2D eigenvalue weighted by molar-refractivity contribution is 7.09. The molecule has 0 aliphatic carbocycles. The van der Waals surface area contributed by atoms with Crippen molar-refractivity contribution >= 4 is 17.2 Å². The van der Waals surface area contributed by atoms with Gasteiger partial charge in [-0.05, 0) is 44.9 Å². The number of likely N-dealkylation sites (tertiary alicyclic amines) is 1. The Kier molecular flexibility index (Phi) is 6.15. The lowest BCUT2D eigenvalue weighted by Gasteiger charge is -2.21. The van der Waals surface area contributed by atoms with Crippen LogP contribution in [-0.2, 0) is 17.8 Å². The maximum atomic E-state index is 12.4. The van der Waals surface area contributed by atoms with Gasteiger partial charge >= 0.3 is 0 Å². The second kappa shape index (κ2) is 8.54. The molecule has 1 aliphatic heterocycles. The van der Waals surface area contributed by atoms with Crippen molar-refractivity contribution in [3.8, 4) is 0 Å². The summed E-state index contributed by atoms with van der Waals surface area (Å²) in [6.07, 6.45) is 4.17. The summed E-state index contributed by atoms with van der Waals surface area (Å²) in [4.78, 5) is 26.8. The number of nitrogens with zero attached hydrogens (tertiary/aromatic N) is 4. The van der Waals surface area contributed by atoms with Crippen LogP contribution in [0.4, 0.5) is 0 Å². The molecule has 5 nitrogen and oxygen atoms in total. The number of aromatic nitrogens is 2. The molecular weight excluding hydrogens is 332 g/mol. The zero-order valence-corrected chi connectivity index (χ0v) is 15.8. The number of carbonyl (C=O) groups is 1. The van der Waals surface area contributed by atoms with Gasteiger partial charge in [-0.15, -0.1) is 11.3 Å². The first-order valence-electron chi connectivity index (χ1n) is 8.87. The molecule has 0 bridgehead atoms. The van der Waals surface area contributed by atoms with Crippen LogP contribution in [0.5, 0.6) is 0 Å². The highest BCUT2D eigenvalue weighted by Crippen LogP contribution is 2.20. The van der Waals surface area contributed by atoms with Crippen molar-refractivity contribution in [2.75, 3.05) is 26.7 Å². The molecule has 1 amide bonds. The van der Waals surface area contributed by atoms with Gasteiger partial charge in [0, 0.05) is 49.4 Å². The first-order valence-corrected chi connectivity index (χ1v) is 9.75. The Morgan fingerprint density at radius 1 is 1.40 bits per heavy atom. The Balaban J connectivity index is 1.41. The number of amides is 1. The van der Waals surface area contributed by atoms with Gasteiger partial charge in [0.15, 0.2) is 0 Å². The number of pyridine rings is 1. The minimum Gasteiger partial charge on any atom is -0.342 e. The largest absolute Gasteiger partial charge is 0.342 e. The molecule has 3 heterocycles. The van der Waals surface area contributed by atoms with Crippen molar-refractivity contribution in [2.24, 2.45) is 5.92 Å². The summed E-state index contributed by atoms with van der Waals surface area (Å²) in [6, 6.07) is 5.86. The zero-order valence-electron chi connectivity index (χ0n) is 15.0. The highest BCUT2D eigenvalue weighted by Gasteiger charge is 2.26. The molecule has 134 valence electrons. The standard InChI is InChI=1S/C19H26N4OS/c1-15-18(25-14-21-15)13-22(2)11-16-8-10-23(12-16)19(24)7-6-17-5-3-4-9-20-17/h3-5,9,14,16H,6-8,10-13H2,1-2H3/t16-/m1/s1. The van der Waals surface area contributed by atoms with Gasteiger partial charge in [0.25, 0.3) is 0 Å². The number of carbonyl (C=O) groups excluding carboxylic acids is 1. The Morgan fingerprint density at radius 3 is 3.00 bits per heavy atom. The van der Waals surface area contributed by atoms with E-state index in [9.17, 15) is 4.79 Å². The van der Waals surface area contributed by atoms with Crippen LogP contribution in [0, 0.1) is 12.8 Å². The molecule has 25 heavy (non-hydrogen) atoms. The van der Waals surface area contributed by atoms with Crippen molar-refractivity contribution in [2.45, 2.75) is 32.7 Å². The number of hydrogen-bond donors (Lipinski definition) is 0. The molecule has 3 rings (SSSR count). The monoisotopic (exact) mass is 358 g/mol. The fourth-order valence-corrected chi connectivity index (χ4v) is 4.23. The first-order chi connectivity index (χ1) is 12.1. The second-order valence-electron chi connectivity index (χ2n) is 6.87. The second-order valence-corrected chi connectivity index (χ2v) is 7.81. The molecule has 1 atom stereocenters. The topological polar surface area (TPSA) is 49.3 Å². The molecule has 1 saturated heterocycles. The van der Waals surface area contributed by atoms with Crippen LogP contribution in [-0.4, -0.2) is 52.4 Å². The fraction of sp³-hybridized carbons (Fsp3) is 0.526. The van der Waals surface area contributed by atoms with E-state index < -0.39 is 0 Å². The number of aryl methyl sites for hydroxylation is 2. The van der Waals surface area contributed by atoms with Crippen LogP contribution >= 0.6 is 11.3 Å². The SMILES string of the molecule is Cc1ncsc1CN(C)C[C@H]1CCN(C(=O)CCc2ccccn2)C1. The summed E-state index contributed by atoms with van der Waals surface area (Å²) in [5.74, 6) is 0.825. The summed E-state index contributed by atoms with van der Waals surface area (Å²) in [6.45, 7) is 5.81. The molecule has 0 saturated carbocycles. The fourth-order valence-electron chi connectivity index (χ4n) is 3.38. The summed E-state index contributed by atoms with van der Waals surface area (Å²) in [5, 5.41) is 0. The molecule has 1 aliphatic rings. The van der Waals surface area contributed by atoms with Crippen LogP contribution < -0.4 is 0 Å². The molecular formula is C19H26N4OS. The van der Waals surface area contributed by atoms with Gasteiger partial charge in [0.05, 0.1) is 11.2 Å². The molecule has 0 aromatic carbocycles. The quantitative estimate of drug-likeness (QED) is 0.764. The lowest BCUT2D eigenvalue weighted by molar-refractivity contribution is -0.130. The Bertz CT molecular complexity index is 688. The van der Waals surface area contributed by atoms with Crippen molar-refractivity contribution < 1.29 is 4.79 Å². The van der Waals surface area contributed by atoms with Crippen LogP contribution in [0.25, 0.3) is 0 Å². The molecule has 6 heteroatoms. The first kappa shape index (κ1) is 18.0. The lowest BCUT2D eigenvalue weighted by atomic mass is 10.1. The maximum Gasteiger partial charge on any atom is 0.222 e. The third-order valence-electron chi connectivity index (χ3n) is 4.79. The van der Waals surface area contributed by atoms with E-state index in [0.29, 0.717) is 12.3 Å². The number of hydrogen-bond acceptors (Lipinski definition) is 5. The predicted octanol–water partition coefficient (Wildman–Crippen LogP) is 2.76. The Hall–Kier alpha value is -1.79. The van der Waals surface area contributed by atoms with E-state index in [-0.39, 0.29) is 5.91 Å². The Labute approximate surface area is 153 Å². The van der Waals surface area contributed by atoms with Gasteiger partial charge in [0.2, 0.25) is 5.91 Å². The molecule has 1 fully saturated rings. The van der Waals surface area contributed by atoms with E-state index in [0.717, 1.165) is 50.4 Å². The van der Waals surface area contributed by atoms with Crippen molar-refractivity contribution in [1.82, 2.24) is 19.8 Å². The van der Waals surface area contributed by atoms with Crippen LogP contribution in [0.2, 0.25) is 0 Å². The smallest absolute Gasteiger partial charge is 0.222 e. The van der Waals surface area contributed by atoms with Gasteiger partial charge < -0.3 is 9.80 Å². The molecule has 2 aromatic heterocycles. The Morgan fingerprint density at radius 2 is 2.28 bits per heavy atom. The average Bonchev–Trinajstić information content (AvgIpc) is 3.23. The highest BCUT2D eigenvalue weighted by atomic mass is 32.1. The average molecular weight is 359 g/mol. The third-order valence-corrected chi connectivity index (χ3v) is 5.71. The van der Waals surface area contributed by atoms with Crippen molar-refractivity contribution in [1.29, 1.82) is 0 Å². The summed E-state index contributed by atoms with van der Waals surface area (Å²) in [5.41, 5.74) is 4.04. The van der Waals surface area contributed by atoms with Crippen LogP contribution in [0.1, 0.15) is 29.1 Å². The maximum absolute atomic E-state index is 12.4. The number of thiazole rings is 1. The van der Waals surface area contributed by atoms with E-state index in [1.165, 1.54) is 4.88 Å². The predicted molar refractivity (Wildman–Crippen MR) is 100 cm³/mol. The van der Waals surface area contributed by atoms with Crippen LogP contribution in [0.3, 0.4) is 0 Å². The van der Waals surface area contributed by atoms with Gasteiger partial charge in [-0.2, -0.15) is 0 Å².